The number of hydrogen-bond donors (Lipinski definition) is 1. The van der Waals surface area contributed by atoms with E-state index < -0.39 is 5.97 Å². The van der Waals surface area contributed by atoms with Gasteiger partial charge in [-0.25, -0.2) is 9.78 Å². The van der Waals surface area contributed by atoms with Crippen LogP contribution in [-0.2, 0) is 0 Å². The van der Waals surface area contributed by atoms with Crippen LogP contribution in [0.15, 0.2) is 16.8 Å². The van der Waals surface area contributed by atoms with Crippen LogP contribution in [0.3, 0.4) is 0 Å². The number of pyridine rings is 1. The molecule has 0 fully saturated rings. The molecule has 0 aromatic carbocycles. The van der Waals surface area contributed by atoms with Crippen LogP contribution in [0.5, 0.6) is 0 Å². The first kappa shape index (κ1) is 7.72. The van der Waals surface area contributed by atoms with Gasteiger partial charge in [-0.05, 0) is 13.0 Å². The molecule has 66 valence electrons. The highest BCUT2D eigenvalue weighted by atomic mass is 16.5. The summed E-state index contributed by atoms with van der Waals surface area (Å²) in [5.74, 6) is -0.992. The molecule has 0 aliphatic rings. The van der Waals surface area contributed by atoms with Crippen LogP contribution in [0.1, 0.15) is 16.1 Å². The molecule has 2 aromatic rings. The molecular weight excluding hydrogens is 172 g/mol. The number of rotatable bonds is 1. The summed E-state index contributed by atoms with van der Waals surface area (Å²) in [6, 6.07) is 1.50. The van der Waals surface area contributed by atoms with Gasteiger partial charge in [-0.15, -0.1) is 0 Å². The summed E-state index contributed by atoms with van der Waals surface area (Å²) < 4.78 is 4.78. The smallest absolute Gasteiger partial charge is 0.337 e. The number of aryl methyl sites for hydroxylation is 1. The minimum atomic E-state index is -0.992. The summed E-state index contributed by atoms with van der Waals surface area (Å²) in [4.78, 5) is 14.6. The molecule has 1 N–H and O–H groups in total. The number of nitrogens with zero attached hydrogens (tertiary/aromatic N) is 2. The van der Waals surface area contributed by atoms with Crippen LogP contribution >= 0.6 is 0 Å². The topological polar surface area (TPSA) is 76.2 Å². The van der Waals surface area contributed by atoms with Crippen molar-refractivity contribution in [2.24, 2.45) is 0 Å². The quantitative estimate of drug-likeness (QED) is 0.710. The van der Waals surface area contributed by atoms with Crippen molar-refractivity contribution in [1.29, 1.82) is 0 Å². The van der Waals surface area contributed by atoms with E-state index in [1.165, 1.54) is 12.3 Å². The van der Waals surface area contributed by atoms with Crippen molar-refractivity contribution in [3.8, 4) is 0 Å². The summed E-state index contributed by atoms with van der Waals surface area (Å²) in [6.45, 7) is 1.62. The molecule has 0 bridgehead atoms. The van der Waals surface area contributed by atoms with Crippen LogP contribution in [0.2, 0.25) is 0 Å². The second-order valence-electron chi connectivity index (χ2n) is 2.65. The second-order valence-corrected chi connectivity index (χ2v) is 2.65. The number of aromatic carboxylic acids is 1. The van der Waals surface area contributed by atoms with Crippen molar-refractivity contribution >= 4 is 17.1 Å². The number of hydrogen-bond acceptors (Lipinski definition) is 4. The third kappa shape index (κ3) is 1.14. The van der Waals surface area contributed by atoms with Gasteiger partial charge in [-0.2, -0.15) is 0 Å². The number of aromatic nitrogens is 2. The van der Waals surface area contributed by atoms with Gasteiger partial charge in [0.25, 0.3) is 5.71 Å². The molecule has 0 aliphatic carbocycles. The average Bonchev–Trinajstić information content (AvgIpc) is 2.48. The van der Waals surface area contributed by atoms with E-state index in [2.05, 4.69) is 10.1 Å². The van der Waals surface area contributed by atoms with Gasteiger partial charge in [0.15, 0.2) is 0 Å². The molecule has 0 amide bonds. The van der Waals surface area contributed by atoms with E-state index in [4.69, 9.17) is 9.63 Å². The highest BCUT2D eigenvalue weighted by Crippen LogP contribution is 2.15. The maximum Gasteiger partial charge on any atom is 0.337 e. The van der Waals surface area contributed by atoms with Gasteiger partial charge in [0.1, 0.15) is 0 Å². The molecule has 5 heteroatoms. The minimum Gasteiger partial charge on any atom is -0.478 e. The lowest BCUT2D eigenvalue weighted by atomic mass is 10.2. The van der Waals surface area contributed by atoms with E-state index in [1.807, 2.05) is 0 Å². The Bertz CT molecular complexity index is 475. The van der Waals surface area contributed by atoms with Crippen LogP contribution < -0.4 is 0 Å². The fraction of sp³-hybridized carbons (Fsp3) is 0.125. The standard InChI is InChI=1S/C8H6N2O3/c1-4-6(8(11)12)2-5-3-9-13-7(5)10-4/h2-3H,1H3,(H,11,12). The summed E-state index contributed by atoms with van der Waals surface area (Å²) >= 11 is 0. The molecule has 2 aromatic heterocycles. The molecule has 0 saturated heterocycles. The van der Waals surface area contributed by atoms with Gasteiger partial charge < -0.3 is 9.63 Å². The zero-order chi connectivity index (χ0) is 9.42. The summed E-state index contributed by atoms with van der Waals surface area (Å²) in [7, 11) is 0. The molecule has 0 saturated carbocycles. The van der Waals surface area contributed by atoms with Crippen LogP contribution in [0.25, 0.3) is 11.1 Å². The maximum atomic E-state index is 10.7. The van der Waals surface area contributed by atoms with Gasteiger partial charge >= 0.3 is 5.97 Å². The van der Waals surface area contributed by atoms with Crippen LogP contribution in [0.4, 0.5) is 0 Å². The highest BCUT2D eigenvalue weighted by molar-refractivity contribution is 5.92. The van der Waals surface area contributed by atoms with Gasteiger partial charge in [0.2, 0.25) is 0 Å². The molecule has 0 atom stereocenters. The Morgan fingerprint density at radius 1 is 1.62 bits per heavy atom. The van der Waals surface area contributed by atoms with E-state index in [9.17, 15) is 4.79 Å². The molecule has 0 aliphatic heterocycles. The third-order valence-electron chi connectivity index (χ3n) is 1.77. The zero-order valence-electron chi connectivity index (χ0n) is 6.81. The Morgan fingerprint density at radius 3 is 3.08 bits per heavy atom. The molecule has 13 heavy (non-hydrogen) atoms. The second kappa shape index (κ2) is 2.55. The molecule has 0 spiro atoms. The largest absolute Gasteiger partial charge is 0.478 e. The predicted molar refractivity (Wildman–Crippen MR) is 43.5 cm³/mol. The van der Waals surface area contributed by atoms with Crippen molar-refractivity contribution in [2.45, 2.75) is 6.92 Å². The fourth-order valence-corrected chi connectivity index (χ4v) is 1.11. The van der Waals surface area contributed by atoms with Gasteiger partial charge in [-0.1, -0.05) is 5.16 Å². The lowest BCUT2D eigenvalue weighted by Crippen LogP contribution is -2.00. The Kier molecular flexibility index (Phi) is 1.51. The van der Waals surface area contributed by atoms with E-state index in [-0.39, 0.29) is 5.56 Å². The van der Waals surface area contributed by atoms with Crippen LogP contribution in [0, 0.1) is 6.92 Å². The number of carboxylic acid groups (broad SMARTS) is 1. The van der Waals surface area contributed by atoms with E-state index in [1.54, 1.807) is 6.92 Å². The summed E-state index contributed by atoms with van der Waals surface area (Å²) in [5.41, 5.74) is 0.968. The van der Waals surface area contributed by atoms with Gasteiger partial charge in [0, 0.05) is 0 Å². The summed E-state index contributed by atoms with van der Waals surface area (Å²) in [6.07, 6.45) is 1.44. The lowest BCUT2D eigenvalue weighted by Gasteiger charge is -1.97. The molecule has 0 unspecified atom stereocenters. The van der Waals surface area contributed by atoms with Gasteiger partial charge in [0.05, 0.1) is 22.8 Å². The maximum absolute atomic E-state index is 10.7. The Balaban J connectivity index is 2.76. The molecule has 0 radical (unpaired) electrons. The molecular formula is C8H6N2O3. The third-order valence-corrected chi connectivity index (χ3v) is 1.77. The number of carboxylic acids is 1. The monoisotopic (exact) mass is 178 g/mol. The fourth-order valence-electron chi connectivity index (χ4n) is 1.11. The van der Waals surface area contributed by atoms with Crippen molar-refractivity contribution < 1.29 is 14.4 Å². The van der Waals surface area contributed by atoms with Crippen molar-refractivity contribution in [3.05, 3.63) is 23.5 Å². The zero-order valence-corrected chi connectivity index (χ0v) is 6.81. The van der Waals surface area contributed by atoms with E-state index >= 15 is 0 Å². The van der Waals surface area contributed by atoms with E-state index in [0.29, 0.717) is 16.8 Å². The molecule has 2 heterocycles. The first-order valence-corrected chi connectivity index (χ1v) is 3.64. The minimum absolute atomic E-state index is 0.177. The normalized spacial score (nSPS) is 10.5. The molecule has 5 nitrogen and oxygen atoms in total. The SMILES string of the molecule is Cc1nc2oncc2cc1C(=O)O. The predicted octanol–water partition coefficient (Wildman–Crippen LogP) is 1.23. The number of fused-ring (bicyclic) bond motifs is 1. The number of carbonyl (C=O) groups is 1. The van der Waals surface area contributed by atoms with Gasteiger partial charge in [-0.3, -0.25) is 0 Å². The van der Waals surface area contributed by atoms with Crippen LogP contribution in [-0.4, -0.2) is 21.2 Å². The summed E-state index contributed by atoms with van der Waals surface area (Å²) in [5, 5.41) is 12.9. The molecule has 2 rings (SSSR count). The first-order valence-electron chi connectivity index (χ1n) is 3.64. The Labute approximate surface area is 73.0 Å². The Morgan fingerprint density at radius 2 is 2.38 bits per heavy atom. The average molecular weight is 178 g/mol. The Hall–Kier alpha value is -1.91. The van der Waals surface area contributed by atoms with E-state index in [0.717, 1.165) is 0 Å². The first-order chi connectivity index (χ1) is 6.18. The van der Waals surface area contributed by atoms with Crippen molar-refractivity contribution in [1.82, 2.24) is 10.1 Å². The van der Waals surface area contributed by atoms with Crippen molar-refractivity contribution in [2.75, 3.05) is 0 Å². The highest BCUT2D eigenvalue weighted by Gasteiger charge is 2.11. The lowest BCUT2D eigenvalue weighted by molar-refractivity contribution is 0.0696. The van der Waals surface area contributed by atoms with Crippen molar-refractivity contribution in [3.63, 3.8) is 0 Å².